The summed E-state index contributed by atoms with van der Waals surface area (Å²) in [6, 6.07) is 8.74. The van der Waals surface area contributed by atoms with Crippen LogP contribution in [0.2, 0.25) is 0 Å². The molecule has 0 saturated carbocycles. The molecule has 1 aromatic rings. The van der Waals surface area contributed by atoms with Crippen LogP contribution in [-0.4, -0.2) is 31.5 Å². The molecule has 0 aliphatic heterocycles. The van der Waals surface area contributed by atoms with E-state index in [1.165, 1.54) is 11.1 Å². The molecule has 0 unspecified atom stereocenters. The van der Waals surface area contributed by atoms with E-state index < -0.39 is 0 Å². The van der Waals surface area contributed by atoms with E-state index in [4.69, 9.17) is 9.84 Å². The van der Waals surface area contributed by atoms with Gasteiger partial charge in [0.25, 0.3) is 0 Å². The largest absolute Gasteiger partial charge is 0.394 e. The van der Waals surface area contributed by atoms with Crippen LogP contribution >= 0.6 is 0 Å². The molecule has 0 heterocycles. The lowest BCUT2D eigenvalue weighted by molar-refractivity contribution is -0.672. The van der Waals surface area contributed by atoms with Crippen molar-refractivity contribution in [3.63, 3.8) is 0 Å². The molecule has 0 aliphatic rings. The summed E-state index contributed by atoms with van der Waals surface area (Å²) in [5, 5.41) is 10.7. The van der Waals surface area contributed by atoms with Gasteiger partial charge in [-0.2, -0.15) is 0 Å². The van der Waals surface area contributed by atoms with Gasteiger partial charge in [-0.15, -0.1) is 0 Å². The summed E-state index contributed by atoms with van der Waals surface area (Å²) < 4.78 is 5.18. The Balaban J connectivity index is 2.12. The van der Waals surface area contributed by atoms with Gasteiger partial charge in [0.15, 0.2) is 0 Å². The quantitative estimate of drug-likeness (QED) is 0.625. The smallest absolute Gasteiger partial charge is 0.101 e. The Hall–Kier alpha value is -0.900. The van der Waals surface area contributed by atoms with Gasteiger partial charge < -0.3 is 15.2 Å². The van der Waals surface area contributed by atoms with E-state index in [0.29, 0.717) is 13.2 Å². The maximum absolute atomic E-state index is 8.51. The fourth-order valence-corrected chi connectivity index (χ4v) is 1.51. The number of aliphatic hydroxyl groups is 1. The maximum atomic E-state index is 8.51. The molecule has 0 fully saturated rings. The minimum atomic E-state index is 0.110. The van der Waals surface area contributed by atoms with Crippen LogP contribution in [0.5, 0.6) is 0 Å². The molecule has 16 heavy (non-hydrogen) atoms. The summed E-state index contributed by atoms with van der Waals surface area (Å²) in [5.41, 5.74) is 2.73. The van der Waals surface area contributed by atoms with Crippen molar-refractivity contribution in [3.05, 3.63) is 35.4 Å². The second-order valence-electron chi connectivity index (χ2n) is 3.79. The van der Waals surface area contributed by atoms with Gasteiger partial charge in [0.1, 0.15) is 6.54 Å². The van der Waals surface area contributed by atoms with E-state index in [9.17, 15) is 0 Å². The van der Waals surface area contributed by atoms with Crippen molar-refractivity contribution in [1.29, 1.82) is 0 Å². The zero-order chi connectivity index (χ0) is 11.6. The van der Waals surface area contributed by atoms with Crippen molar-refractivity contribution in [1.82, 2.24) is 0 Å². The highest BCUT2D eigenvalue weighted by molar-refractivity contribution is 5.21. The Morgan fingerprint density at radius 1 is 1.12 bits per heavy atom. The minimum absolute atomic E-state index is 0.110. The molecule has 1 rings (SSSR count). The van der Waals surface area contributed by atoms with Crippen molar-refractivity contribution in [2.75, 3.05) is 26.4 Å². The van der Waals surface area contributed by atoms with E-state index >= 15 is 0 Å². The summed E-state index contributed by atoms with van der Waals surface area (Å²) >= 11 is 0. The predicted molar refractivity (Wildman–Crippen MR) is 64.2 cm³/mol. The van der Waals surface area contributed by atoms with Crippen molar-refractivity contribution < 1.29 is 15.2 Å². The highest BCUT2D eigenvalue weighted by atomic mass is 16.5. The van der Waals surface area contributed by atoms with Crippen molar-refractivity contribution in [2.24, 2.45) is 0 Å². The minimum Gasteiger partial charge on any atom is -0.394 e. The Kier molecular flexibility index (Phi) is 6.81. The lowest BCUT2D eigenvalue weighted by Gasteiger charge is -2.03. The normalized spacial score (nSPS) is 10.6. The third kappa shape index (κ3) is 5.26. The van der Waals surface area contributed by atoms with Crippen LogP contribution in [0.4, 0.5) is 0 Å². The highest BCUT2D eigenvalue weighted by Crippen LogP contribution is 2.03. The second-order valence-corrected chi connectivity index (χ2v) is 3.79. The molecular weight excluding hydrogens is 202 g/mol. The van der Waals surface area contributed by atoms with Gasteiger partial charge >= 0.3 is 0 Å². The van der Waals surface area contributed by atoms with E-state index in [1.54, 1.807) is 0 Å². The molecule has 3 heteroatoms. The second kappa shape index (κ2) is 8.28. The van der Waals surface area contributed by atoms with Gasteiger partial charge in [-0.25, -0.2) is 0 Å². The number of nitrogens with two attached hydrogens (primary N) is 1. The molecule has 0 saturated heterocycles. The number of aliphatic hydroxyl groups excluding tert-OH is 1. The molecular formula is C13H22NO2+. The lowest BCUT2D eigenvalue weighted by Crippen LogP contribution is -2.83. The van der Waals surface area contributed by atoms with Crippen LogP contribution in [0.3, 0.4) is 0 Å². The summed E-state index contributed by atoms with van der Waals surface area (Å²) in [5.74, 6) is 0. The molecule has 3 nitrogen and oxygen atoms in total. The molecule has 0 spiro atoms. The van der Waals surface area contributed by atoms with Crippen molar-refractivity contribution in [2.45, 2.75) is 19.9 Å². The summed E-state index contributed by atoms with van der Waals surface area (Å²) in [6.07, 6.45) is 1.10. The van der Waals surface area contributed by atoms with E-state index in [-0.39, 0.29) is 6.61 Å². The van der Waals surface area contributed by atoms with Gasteiger partial charge in [0.2, 0.25) is 0 Å². The SMILES string of the molecule is CCc1ccc(C[NH2+]CCOCCO)cc1. The van der Waals surface area contributed by atoms with E-state index in [2.05, 4.69) is 36.5 Å². The van der Waals surface area contributed by atoms with Crippen LogP contribution in [0.15, 0.2) is 24.3 Å². The van der Waals surface area contributed by atoms with Crippen molar-refractivity contribution in [3.8, 4) is 0 Å². The summed E-state index contributed by atoms with van der Waals surface area (Å²) in [4.78, 5) is 0. The molecule has 90 valence electrons. The van der Waals surface area contributed by atoms with E-state index in [0.717, 1.165) is 19.5 Å². The zero-order valence-corrected chi connectivity index (χ0v) is 9.98. The summed E-state index contributed by atoms with van der Waals surface area (Å²) in [6.45, 7) is 5.35. The number of hydrogen-bond donors (Lipinski definition) is 2. The average Bonchev–Trinajstić information content (AvgIpc) is 2.34. The van der Waals surface area contributed by atoms with E-state index in [1.807, 2.05) is 0 Å². The average molecular weight is 224 g/mol. The van der Waals surface area contributed by atoms with Gasteiger partial charge in [0, 0.05) is 5.56 Å². The highest BCUT2D eigenvalue weighted by Gasteiger charge is 1.96. The first-order valence-electron chi connectivity index (χ1n) is 5.95. The van der Waals surface area contributed by atoms with Gasteiger partial charge in [-0.1, -0.05) is 31.2 Å². The first-order chi connectivity index (χ1) is 7.86. The van der Waals surface area contributed by atoms with Crippen LogP contribution < -0.4 is 5.32 Å². The van der Waals surface area contributed by atoms with Gasteiger partial charge in [0.05, 0.1) is 26.4 Å². The number of aryl methyl sites for hydroxylation is 1. The van der Waals surface area contributed by atoms with Gasteiger partial charge in [-0.05, 0) is 12.0 Å². The van der Waals surface area contributed by atoms with Crippen LogP contribution in [-0.2, 0) is 17.7 Å². The molecule has 0 bridgehead atoms. The summed E-state index contributed by atoms with van der Waals surface area (Å²) in [7, 11) is 0. The van der Waals surface area contributed by atoms with Crippen LogP contribution in [0.25, 0.3) is 0 Å². The third-order valence-electron chi connectivity index (χ3n) is 2.51. The fourth-order valence-electron chi connectivity index (χ4n) is 1.51. The number of quaternary nitrogens is 1. The topological polar surface area (TPSA) is 46.1 Å². The predicted octanol–water partition coefficient (Wildman–Crippen LogP) is 0.321. The molecule has 0 aromatic heterocycles. The number of benzene rings is 1. The Labute approximate surface area is 97.4 Å². The van der Waals surface area contributed by atoms with Crippen LogP contribution in [0, 0.1) is 0 Å². The Morgan fingerprint density at radius 3 is 2.44 bits per heavy atom. The molecule has 0 aliphatic carbocycles. The number of ether oxygens (including phenoxy) is 1. The molecule has 0 atom stereocenters. The Morgan fingerprint density at radius 2 is 1.81 bits per heavy atom. The van der Waals surface area contributed by atoms with Gasteiger partial charge in [-0.3, -0.25) is 0 Å². The lowest BCUT2D eigenvalue weighted by atomic mass is 10.1. The number of rotatable bonds is 8. The standard InChI is InChI=1S/C13H21NO2/c1-2-12-3-5-13(6-4-12)11-14-7-9-16-10-8-15/h3-6,14-15H,2,7-11H2,1H3/p+1. The molecule has 0 amide bonds. The molecule has 1 aromatic carbocycles. The van der Waals surface area contributed by atoms with Crippen molar-refractivity contribution >= 4 is 0 Å². The molecule has 0 radical (unpaired) electrons. The maximum Gasteiger partial charge on any atom is 0.101 e. The monoisotopic (exact) mass is 224 g/mol. The fraction of sp³-hybridized carbons (Fsp3) is 0.538. The third-order valence-corrected chi connectivity index (χ3v) is 2.51. The molecule has 3 N–H and O–H groups in total. The number of hydrogen-bond acceptors (Lipinski definition) is 2. The van der Waals surface area contributed by atoms with Crippen LogP contribution in [0.1, 0.15) is 18.1 Å². The first kappa shape index (κ1) is 13.2. The zero-order valence-electron chi connectivity index (χ0n) is 9.98. The first-order valence-corrected chi connectivity index (χ1v) is 5.95. The Bertz CT molecular complexity index is 272.